The van der Waals surface area contributed by atoms with E-state index >= 15 is 0 Å². The number of nitriles is 1. The van der Waals surface area contributed by atoms with E-state index in [9.17, 15) is 9.59 Å². The maximum atomic E-state index is 12.8. The van der Waals surface area contributed by atoms with Crippen molar-refractivity contribution in [3.8, 4) is 6.07 Å². The van der Waals surface area contributed by atoms with Crippen molar-refractivity contribution in [3.05, 3.63) is 44.1 Å². The van der Waals surface area contributed by atoms with E-state index in [1.165, 1.54) is 9.13 Å². The number of fused-ring (bicyclic) bond motifs is 1. The number of benzene rings is 1. The smallest absolute Gasteiger partial charge is 0.296 e. The number of aromatic nitrogens is 2. The van der Waals surface area contributed by atoms with Gasteiger partial charge in [0.2, 0.25) is 0 Å². The molecule has 2 aromatic rings. The van der Waals surface area contributed by atoms with Gasteiger partial charge in [-0.1, -0.05) is 12.8 Å². The third-order valence-corrected chi connectivity index (χ3v) is 4.54. The van der Waals surface area contributed by atoms with Gasteiger partial charge in [0.1, 0.15) is 0 Å². The Bertz CT molecular complexity index is 877. The first-order valence-corrected chi connectivity index (χ1v) is 7.21. The van der Waals surface area contributed by atoms with E-state index in [1.807, 2.05) is 0 Å². The average Bonchev–Trinajstić information content (AvgIpc) is 2.98. The van der Waals surface area contributed by atoms with Gasteiger partial charge in [0.15, 0.2) is 0 Å². The van der Waals surface area contributed by atoms with Gasteiger partial charge in [-0.15, -0.1) is 0 Å². The SMILES string of the molecule is Cc1c(C#N)ccc2c1c(=O)n(C1CCCC1)c(=O)n2C. The maximum Gasteiger partial charge on any atom is 0.331 e. The maximum absolute atomic E-state index is 12.8. The molecule has 5 heteroatoms. The van der Waals surface area contributed by atoms with Crippen molar-refractivity contribution in [2.24, 2.45) is 7.05 Å². The molecular weight excluding hydrogens is 266 g/mol. The van der Waals surface area contributed by atoms with Crippen molar-refractivity contribution in [3.63, 3.8) is 0 Å². The van der Waals surface area contributed by atoms with Crippen molar-refractivity contribution in [1.82, 2.24) is 9.13 Å². The van der Waals surface area contributed by atoms with E-state index in [4.69, 9.17) is 5.26 Å². The Morgan fingerprint density at radius 2 is 1.90 bits per heavy atom. The third-order valence-electron chi connectivity index (χ3n) is 4.54. The van der Waals surface area contributed by atoms with Crippen LogP contribution in [0.15, 0.2) is 21.7 Å². The molecule has 3 rings (SSSR count). The van der Waals surface area contributed by atoms with Crippen LogP contribution < -0.4 is 11.2 Å². The van der Waals surface area contributed by atoms with Gasteiger partial charge in [0, 0.05) is 13.1 Å². The van der Waals surface area contributed by atoms with Crippen LogP contribution in [0.3, 0.4) is 0 Å². The molecule has 0 N–H and O–H groups in total. The fourth-order valence-electron chi connectivity index (χ4n) is 3.32. The van der Waals surface area contributed by atoms with Crippen LogP contribution in [0, 0.1) is 18.3 Å². The Kier molecular flexibility index (Phi) is 3.17. The Morgan fingerprint density at radius 1 is 1.24 bits per heavy atom. The molecule has 5 nitrogen and oxygen atoms in total. The summed E-state index contributed by atoms with van der Waals surface area (Å²) in [5, 5.41) is 9.64. The second-order valence-electron chi connectivity index (χ2n) is 5.70. The first-order chi connectivity index (χ1) is 10.1. The molecule has 0 spiro atoms. The van der Waals surface area contributed by atoms with Gasteiger partial charge < -0.3 is 0 Å². The second kappa shape index (κ2) is 4.88. The van der Waals surface area contributed by atoms with Crippen molar-refractivity contribution in [2.45, 2.75) is 38.6 Å². The van der Waals surface area contributed by atoms with E-state index in [0.29, 0.717) is 22.0 Å². The fraction of sp³-hybridized carbons (Fsp3) is 0.438. The largest absolute Gasteiger partial charge is 0.331 e. The third kappa shape index (κ3) is 1.90. The van der Waals surface area contributed by atoms with Gasteiger partial charge in [0.05, 0.1) is 22.5 Å². The quantitative estimate of drug-likeness (QED) is 0.803. The number of nitrogens with zero attached hydrogens (tertiary/aromatic N) is 3. The molecular formula is C16H17N3O2. The van der Waals surface area contributed by atoms with E-state index in [1.54, 1.807) is 26.1 Å². The summed E-state index contributed by atoms with van der Waals surface area (Å²) in [7, 11) is 1.68. The highest BCUT2D eigenvalue weighted by atomic mass is 16.2. The predicted molar refractivity (Wildman–Crippen MR) is 80.4 cm³/mol. The average molecular weight is 283 g/mol. The molecule has 1 aliphatic rings. The molecule has 1 heterocycles. The van der Waals surface area contributed by atoms with Crippen LogP contribution in [0.2, 0.25) is 0 Å². The zero-order valence-corrected chi connectivity index (χ0v) is 12.2. The molecule has 1 aromatic carbocycles. The van der Waals surface area contributed by atoms with E-state index in [-0.39, 0.29) is 17.3 Å². The Labute approximate surface area is 122 Å². The normalized spacial score (nSPS) is 15.5. The number of hydrogen-bond donors (Lipinski definition) is 0. The molecule has 1 aromatic heterocycles. The van der Waals surface area contributed by atoms with E-state index in [0.717, 1.165) is 25.7 Å². The molecule has 0 saturated heterocycles. The summed E-state index contributed by atoms with van der Waals surface area (Å²) in [5.41, 5.74) is 1.22. The minimum Gasteiger partial charge on any atom is -0.296 e. The van der Waals surface area contributed by atoms with Crippen molar-refractivity contribution >= 4 is 10.9 Å². The Hall–Kier alpha value is -2.35. The highest BCUT2D eigenvalue weighted by Crippen LogP contribution is 2.28. The number of hydrogen-bond acceptors (Lipinski definition) is 3. The molecule has 1 saturated carbocycles. The summed E-state index contributed by atoms with van der Waals surface area (Å²) in [5.74, 6) is 0. The van der Waals surface area contributed by atoms with Crippen molar-refractivity contribution in [1.29, 1.82) is 5.26 Å². The first kappa shape index (κ1) is 13.6. The zero-order valence-electron chi connectivity index (χ0n) is 12.2. The lowest BCUT2D eigenvalue weighted by Crippen LogP contribution is -2.41. The van der Waals surface area contributed by atoms with Crippen molar-refractivity contribution < 1.29 is 0 Å². The zero-order chi connectivity index (χ0) is 15.1. The molecule has 1 aliphatic carbocycles. The van der Waals surface area contributed by atoms with Gasteiger partial charge in [-0.25, -0.2) is 4.79 Å². The molecule has 0 radical (unpaired) electrons. The van der Waals surface area contributed by atoms with E-state index < -0.39 is 0 Å². The molecule has 108 valence electrons. The summed E-state index contributed by atoms with van der Waals surface area (Å²) < 4.78 is 2.91. The highest BCUT2D eigenvalue weighted by Gasteiger charge is 2.23. The summed E-state index contributed by atoms with van der Waals surface area (Å²) in [4.78, 5) is 25.3. The van der Waals surface area contributed by atoms with Crippen molar-refractivity contribution in [2.75, 3.05) is 0 Å². The number of aryl methyl sites for hydroxylation is 2. The molecule has 0 unspecified atom stereocenters. The number of rotatable bonds is 1. The van der Waals surface area contributed by atoms with Gasteiger partial charge >= 0.3 is 5.69 Å². The summed E-state index contributed by atoms with van der Waals surface area (Å²) in [6.07, 6.45) is 3.85. The Balaban J connectivity index is 2.46. The lowest BCUT2D eigenvalue weighted by atomic mass is 10.0. The van der Waals surface area contributed by atoms with E-state index in [2.05, 4.69) is 6.07 Å². The minimum absolute atomic E-state index is 0.00857. The standard InChI is InChI=1S/C16H17N3O2/c1-10-11(9-17)7-8-13-14(10)15(20)19(16(21)18(13)2)12-5-3-4-6-12/h7-8,12H,3-6H2,1-2H3. The van der Waals surface area contributed by atoms with Crippen LogP contribution in [-0.4, -0.2) is 9.13 Å². The molecule has 0 amide bonds. The molecule has 0 atom stereocenters. The molecule has 1 fully saturated rings. The lowest BCUT2D eigenvalue weighted by molar-refractivity contribution is 0.470. The van der Waals surface area contributed by atoms with Gasteiger partial charge in [-0.3, -0.25) is 13.9 Å². The van der Waals surface area contributed by atoms with Crippen LogP contribution in [0.25, 0.3) is 10.9 Å². The summed E-state index contributed by atoms with van der Waals surface area (Å²) in [6.45, 7) is 1.77. The van der Waals surface area contributed by atoms with Crippen LogP contribution >= 0.6 is 0 Å². The molecule has 21 heavy (non-hydrogen) atoms. The first-order valence-electron chi connectivity index (χ1n) is 7.21. The monoisotopic (exact) mass is 283 g/mol. The summed E-state index contributed by atoms with van der Waals surface area (Å²) >= 11 is 0. The summed E-state index contributed by atoms with van der Waals surface area (Å²) in [6, 6.07) is 5.44. The topological polar surface area (TPSA) is 67.8 Å². The van der Waals surface area contributed by atoms with Crippen LogP contribution in [0.4, 0.5) is 0 Å². The minimum atomic E-state index is -0.261. The predicted octanol–water partition coefficient (Wildman–Crippen LogP) is 2.00. The van der Waals surface area contributed by atoms with Gasteiger partial charge in [-0.2, -0.15) is 5.26 Å². The Morgan fingerprint density at radius 3 is 2.52 bits per heavy atom. The molecule has 0 aliphatic heterocycles. The van der Waals surface area contributed by atoms with Crippen LogP contribution in [-0.2, 0) is 7.05 Å². The van der Waals surface area contributed by atoms with Crippen LogP contribution in [0.5, 0.6) is 0 Å². The molecule has 0 bridgehead atoms. The lowest BCUT2D eigenvalue weighted by Gasteiger charge is -2.17. The van der Waals surface area contributed by atoms with Gasteiger partial charge in [0.25, 0.3) is 5.56 Å². The highest BCUT2D eigenvalue weighted by molar-refractivity contribution is 5.83. The second-order valence-corrected chi connectivity index (χ2v) is 5.70. The fourth-order valence-corrected chi connectivity index (χ4v) is 3.32. The van der Waals surface area contributed by atoms with Crippen LogP contribution in [0.1, 0.15) is 42.9 Å². The van der Waals surface area contributed by atoms with Gasteiger partial charge in [-0.05, 0) is 37.5 Å².